The summed E-state index contributed by atoms with van der Waals surface area (Å²) in [6.45, 7) is 14.2. The molecule has 0 atom stereocenters. The molecule has 0 aromatic carbocycles. The minimum absolute atomic E-state index is 0.0981. The van der Waals surface area contributed by atoms with Crippen LogP contribution in [0.15, 0.2) is 6.20 Å². The highest BCUT2D eigenvalue weighted by Gasteiger charge is 2.12. The van der Waals surface area contributed by atoms with Crippen LogP contribution in [0, 0.1) is 0 Å². The second kappa shape index (κ2) is 9.42. The molecule has 24 heavy (non-hydrogen) atoms. The van der Waals surface area contributed by atoms with E-state index in [1.165, 1.54) is 0 Å². The normalized spacial score (nSPS) is 12.4. The first-order valence-electron chi connectivity index (χ1n) is 8.49. The molecule has 0 saturated carbocycles. The third-order valence-electron chi connectivity index (χ3n) is 2.99. The maximum atomic E-state index is 11.8. The molecule has 0 radical (unpaired) electrons. The van der Waals surface area contributed by atoms with Crippen LogP contribution in [0.3, 0.4) is 0 Å². The topological polar surface area (TPSA) is 69.0 Å². The predicted octanol–water partition coefficient (Wildman–Crippen LogP) is 3.02. The molecule has 1 aromatic heterocycles. The fraction of sp³-hybridized carbons (Fsp3) is 0.824. The van der Waals surface area contributed by atoms with Crippen molar-refractivity contribution < 1.29 is 9.53 Å². The van der Waals surface area contributed by atoms with E-state index >= 15 is 0 Å². The van der Waals surface area contributed by atoms with Crippen LogP contribution in [-0.4, -0.2) is 43.5 Å². The van der Waals surface area contributed by atoms with E-state index in [1.807, 2.05) is 38.7 Å². The van der Waals surface area contributed by atoms with Crippen molar-refractivity contribution in [1.29, 1.82) is 0 Å². The summed E-state index contributed by atoms with van der Waals surface area (Å²) in [6, 6.07) is 0. The van der Waals surface area contributed by atoms with Crippen LogP contribution >= 0.6 is 11.8 Å². The number of nitrogens with zero attached hydrogens (tertiary/aromatic N) is 3. The highest BCUT2D eigenvalue weighted by molar-refractivity contribution is 8.00. The molecular weight excluding hydrogens is 324 g/mol. The van der Waals surface area contributed by atoms with Gasteiger partial charge in [-0.2, -0.15) is 11.8 Å². The Morgan fingerprint density at radius 1 is 1.29 bits per heavy atom. The summed E-state index contributed by atoms with van der Waals surface area (Å²) < 4.78 is 7.66. The number of thioether (sulfide) groups is 1. The molecule has 0 aliphatic carbocycles. The predicted molar refractivity (Wildman–Crippen MR) is 99.0 cm³/mol. The van der Waals surface area contributed by atoms with Gasteiger partial charge in [-0.3, -0.25) is 9.48 Å². The molecule has 0 unspecified atom stereocenters. The summed E-state index contributed by atoms with van der Waals surface area (Å²) in [6.07, 6.45) is 3.34. The van der Waals surface area contributed by atoms with Crippen molar-refractivity contribution in [2.45, 2.75) is 77.9 Å². The molecule has 0 fully saturated rings. The van der Waals surface area contributed by atoms with Crippen molar-refractivity contribution in [2.75, 3.05) is 12.3 Å². The zero-order valence-corrected chi connectivity index (χ0v) is 16.7. The summed E-state index contributed by atoms with van der Waals surface area (Å²) in [5.74, 6) is 1.11. The molecule has 1 N–H and O–H groups in total. The Balaban J connectivity index is 2.16. The van der Waals surface area contributed by atoms with Crippen LogP contribution in [0.25, 0.3) is 0 Å². The first kappa shape index (κ1) is 21.0. The van der Waals surface area contributed by atoms with Gasteiger partial charge in [0.1, 0.15) is 5.69 Å². The van der Waals surface area contributed by atoms with Gasteiger partial charge in [0.05, 0.1) is 24.9 Å². The van der Waals surface area contributed by atoms with E-state index in [0.717, 1.165) is 17.9 Å². The number of hydrogen-bond donors (Lipinski definition) is 1. The van der Waals surface area contributed by atoms with Gasteiger partial charge >= 0.3 is 0 Å². The molecule has 1 aromatic rings. The molecule has 1 rings (SSSR count). The summed E-state index contributed by atoms with van der Waals surface area (Å²) in [5, 5.41) is 11.0. The summed E-state index contributed by atoms with van der Waals surface area (Å²) in [5.41, 5.74) is 0.610. The summed E-state index contributed by atoms with van der Waals surface area (Å²) in [4.78, 5) is 11.8. The lowest BCUT2D eigenvalue weighted by Crippen LogP contribution is -2.27. The maximum Gasteiger partial charge on any atom is 0.220 e. The van der Waals surface area contributed by atoms with Gasteiger partial charge in [0, 0.05) is 17.7 Å². The number of hydrogen-bond acceptors (Lipinski definition) is 5. The van der Waals surface area contributed by atoms with Crippen LogP contribution in [0.5, 0.6) is 0 Å². The van der Waals surface area contributed by atoms with E-state index in [2.05, 4.69) is 36.4 Å². The molecule has 0 spiro atoms. The van der Waals surface area contributed by atoms with Gasteiger partial charge in [0.2, 0.25) is 5.91 Å². The van der Waals surface area contributed by atoms with E-state index < -0.39 is 0 Å². The lowest BCUT2D eigenvalue weighted by Gasteiger charge is -2.18. The number of nitrogens with one attached hydrogen (secondary N) is 1. The van der Waals surface area contributed by atoms with Crippen molar-refractivity contribution in [1.82, 2.24) is 20.3 Å². The number of carbonyl (C=O) groups excluding carboxylic acids is 1. The Hall–Kier alpha value is -1.08. The second-order valence-corrected chi connectivity index (χ2v) is 9.71. The molecule has 1 amide bonds. The highest BCUT2D eigenvalue weighted by Crippen LogP contribution is 2.23. The summed E-state index contributed by atoms with van der Waals surface area (Å²) in [7, 11) is 0. The Kier molecular flexibility index (Phi) is 8.22. The van der Waals surface area contributed by atoms with Crippen molar-refractivity contribution in [3.63, 3.8) is 0 Å². The van der Waals surface area contributed by atoms with Crippen LogP contribution in [0.2, 0.25) is 0 Å². The number of aromatic nitrogens is 3. The van der Waals surface area contributed by atoms with E-state index in [1.54, 1.807) is 4.68 Å². The zero-order chi connectivity index (χ0) is 18.2. The lowest BCUT2D eigenvalue weighted by atomic mass is 10.2. The first-order valence-corrected chi connectivity index (χ1v) is 9.47. The van der Waals surface area contributed by atoms with Gasteiger partial charge in [0.25, 0.3) is 0 Å². The Morgan fingerprint density at radius 3 is 2.62 bits per heavy atom. The number of ether oxygens (including phenoxy) is 1. The van der Waals surface area contributed by atoms with Crippen molar-refractivity contribution in [2.24, 2.45) is 0 Å². The van der Waals surface area contributed by atoms with Gasteiger partial charge in [-0.1, -0.05) is 26.0 Å². The zero-order valence-electron chi connectivity index (χ0n) is 15.9. The van der Waals surface area contributed by atoms with Gasteiger partial charge in [-0.25, -0.2) is 0 Å². The van der Waals surface area contributed by atoms with Gasteiger partial charge in [-0.05, 0) is 32.9 Å². The van der Waals surface area contributed by atoms with E-state index in [4.69, 9.17) is 4.74 Å². The maximum absolute atomic E-state index is 11.8. The number of carbonyl (C=O) groups is 1. The minimum Gasteiger partial charge on any atom is -0.369 e. The Labute approximate surface area is 150 Å². The molecule has 138 valence electrons. The average molecular weight is 357 g/mol. The quantitative estimate of drug-likeness (QED) is 0.689. The molecule has 6 nitrogen and oxygen atoms in total. The molecule has 0 aliphatic heterocycles. The van der Waals surface area contributed by atoms with E-state index in [9.17, 15) is 4.79 Å². The lowest BCUT2D eigenvalue weighted by molar-refractivity contribution is -0.121. The smallest absolute Gasteiger partial charge is 0.220 e. The number of amides is 1. The third-order valence-corrected chi connectivity index (χ3v) is 4.34. The van der Waals surface area contributed by atoms with Gasteiger partial charge in [-0.15, -0.1) is 5.10 Å². The Bertz CT molecular complexity index is 503. The third kappa shape index (κ3) is 10.6. The fourth-order valence-corrected chi connectivity index (χ4v) is 2.71. The SMILES string of the molecule is CC(C)(C)OCc1cn(CCNC(=O)CCCSC(C)(C)C)nn1. The fourth-order valence-electron chi connectivity index (χ4n) is 1.81. The van der Waals surface area contributed by atoms with Crippen molar-refractivity contribution >= 4 is 17.7 Å². The monoisotopic (exact) mass is 356 g/mol. The minimum atomic E-state index is -0.191. The van der Waals surface area contributed by atoms with Crippen LogP contribution in [-0.2, 0) is 22.7 Å². The Morgan fingerprint density at radius 2 is 2.00 bits per heavy atom. The highest BCUT2D eigenvalue weighted by atomic mass is 32.2. The van der Waals surface area contributed by atoms with Crippen molar-refractivity contribution in [3.8, 4) is 0 Å². The van der Waals surface area contributed by atoms with Gasteiger partial charge < -0.3 is 10.1 Å². The van der Waals surface area contributed by atoms with Crippen LogP contribution < -0.4 is 5.32 Å². The molecular formula is C17H32N4O2S. The van der Waals surface area contributed by atoms with Gasteiger partial charge in [0.15, 0.2) is 0 Å². The number of rotatable bonds is 9. The summed E-state index contributed by atoms with van der Waals surface area (Å²) >= 11 is 1.89. The van der Waals surface area contributed by atoms with Crippen LogP contribution in [0.1, 0.15) is 60.1 Å². The van der Waals surface area contributed by atoms with E-state index in [0.29, 0.717) is 26.1 Å². The molecule has 7 heteroatoms. The van der Waals surface area contributed by atoms with Crippen LogP contribution in [0.4, 0.5) is 0 Å². The molecule has 1 heterocycles. The standard InChI is InChI=1S/C17H32N4O2S/c1-16(2,3)23-13-14-12-21(20-19-14)10-9-18-15(22)8-7-11-24-17(4,5)6/h12H,7-11,13H2,1-6H3,(H,18,22). The molecule has 0 bridgehead atoms. The first-order chi connectivity index (χ1) is 11.1. The largest absolute Gasteiger partial charge is 0.369 e. The molecule has 0 saturated heterocycles. The second-order valence-electron chi connectivity index (χ2n) is 7.79. The molecule has 0 aliphatic rings. The van der Waals surface area contributed by atoms with E-state index in [-0.39, 0.29) is 16.3 Å². The average Bonchev–Trinajstić information content (AvgIpc) is 2.88. The van der Waals surface area contributed by atoms with Crippen molar-refractivity contribution in [3.05, 3.63) is 11.9 Å².